The van der Waals surface area contributed by atoms with Gasteiger partial charge < -0.3 is 10.2 Å². The van der Waals surface area contributed by atoms with Crippen molar-refractivity contribution >= 4 is 11.6 Å². The molecule has 0 bridgehead atoms. The molecule has 1 aromatic rings. The van der Waals surface area contributed by atoms with E-state index in [1.807, 2.05) is 11.9 Å². The number of anilines is 1. The number of carbonyl (C=O) groups is 1. The molecule has 1 amide bonds. The summed E-state index contributed by atoms with van der Waals surface area (Å²) in [5, 5.41) is 3.07. The number of hydrogen-bond acceptors (Lipinski definition) is 2. The number of carbonyl (C=O) groups excluding carboxylic acids is 1. The highest BCUT2D eigenvalue weighted by Gasteiger charge is 2.31. The average Bonchev–Trinajstić information content (AvgIpc) is 2.94. The Hall–Kier alpha value is -1.35. The molecule has 90 valence electrons. The predicted molar refractivity (Wildman–Crippen MR) is 68.3 cm³/mol. The Morgan fingerprint density at radius 3 is 2.88 bits per heavy atom. The molecule has 0 radical (unpaired) electrons. The third-order valence-electron chi connectivity index (χ3n) is 3.95. The Morgan fingerprint density at radius 1 is 1.29 bits per heavy atom. The fourth-order valence-corrected chi connectivity index (χ4v) is 2.93. The van der Waals surface area contributed by atoms with E-state index in [0.717, 1.165) is 18.7 Å². The number of aryl methyl sites for hydroxylation is 2. The third-order valence-corrected chi connectivity index (χ3v) is 3.95. The van der Waals surface area contributed by atoms with Gasteiger partial charge in [-0.2, -0.15) is 0 Å². The zero-order valence-electron chi connectivity index (χ0n) is 10.2. The maximum Gasteiger partial charge on any atom is 0.244 e. The van der Waals surface area contributed by atoms with E-state index in [0.29, 0.717) is 0 Å². The molecule has 3 nitrogen and oxygen atoms in total. The summed E-state index contributed by atoms with van der Waals surface area (Å²) in [5.41, 5.74) is 3.97. The second kappa shape index (κ2) is 4.15. The minimum atomic E-state index is 0.00301. The minimum Gasteiger partial charge on any atom is -0.311 e. The lowest BCUT2D eigenvalue weighted by Gasteiger charge is -2.17. The fourth-order valence-electron chi connectivity index (χ4n) is 2.93. The van der Waals surface area contributed by atoms with Gasteiger partial charge in [0.1, 0.15) is 0 Å². The van der Waals surface area contributed by atoms with Crippen LogP contribution in [0.5, 0.6) is 0 Å². The van der Waals surface area contributed by atoms with Crippen LogP contribution in [0.4, 0.5) is 5.69 Å². The summed E-state index contributed by atoms with van der Waals surface area (Å²) in [7, 11) is 1.86. The van der Waals surface area contributed by atoms with Crippen LogP contribution in [0.1, 0.15) is 24.0 Å². The first kappa shape index (κ1) is 10.8. The number of rotatable bonds is 2. The van der Waals surface area contributed by atoms with Crippen molar-refractivity contribution < 1.29 is 4.79 Å². The van der Waals surface area contributed by atoms with Crippen molar-refractivity contribution in [3.8, 4) is 0 Å². The highest BCUT2D eigenvalue weighted by atomic mass is 16.2. The normalized spacial score (nSPS) is 23.2. The number of benzene rings is 1. The Balaban J connectivity index is 1.88. The summed E-state index contributed by atoms with van der Waals surface area (Å²) >= 11 is 0. The van der Waals surface area contributed by atoms with E-state index in [4.69, 9.17) is 0 Å². The van der Waals surface area contributed by atoms with Gasteiger partial charge in [-0.15, -0.1) is 0 Å². The number of amides is 1. The fraction of sp³-hybridized carbons (Fsp3) is 0.500. The van der Waals surface area contributed by atoms with E-state index < -0.39 is 0 Å². The molecular weight excluding hydrogens is 212 g/mol. The molecule has 1 N–H and O–H groups in total. The Morgan fingerprint density at radius 2 is 2.12 bits per heavy atom. The monoisotopic (exact) mass is 230 g/mol. The molecule has 0 spiro atoms. The van der Waals surface area contributed by atoms with E-state index in [-0.39, 0.29) is 11.9 Å². The van der Waals surface area contributed by atoms with E-state index >= 15 is 0 Å². The topological polar surface area (TPSA) is 32.3 Å². The van der Waals surface area contributed by atoms with Crippen LogP contribution in [-0.4, -0.2) is 25.5 Å². The SMILES string of the molecule is CNC1CCN(c2ccc3c(c2)CCC3)C1=O. The second-order valence-corrected chi connectivity index (χ2v) is 4.93. The van der Waals surface area contributed by atoms with Gasteiger partial charge in [-0.25, -0.2) is 0 Å². The Kier molecular flexibility index (Phi) is 2.63. The number of likely N-dealkylation sites (N-methyl/N-ethyl adjacent to an activating group) is 1. The van der Waals surface area contributed by atoms with Crippen molar-refractivity contribution in [2.45, 2.75) is 31.7 Å². The molecule has 1 unspecified atom stereocenters. The van der Waals surface area contributed by atoms with Crippen LogP contribution >= 0.6 is 0 Å². The lowest BCUT2D eigenvalue weighted by atomic mass is 10.1. The van der Waals surface area contributed by atoms with Crippen molar-refractivity contribution in [3.63, 3.8) is 0 Å². The quantitative estimate of drug-likeness (QED) is 0.835. The average molecular weight is 230 g/mol. The maximum absolute atomic E-state index is 12.1. The summed E-state index contributed by atoms with van der Waals surface area (Å²) in [5.74, 6) is 0.213. The van der Waals surface area contributed by atoms with Gasteiger partial charge in [-0.1, -0.05) is 6.07 Å². The van der Waals surface area contributed by atoms with E-state index in [1.54, 1.807) is 0 Å². The van der Waals surface area contributed by atoms with Crippen molar-refractivity contribution in [2.24, 2.45) is 0 Å². The van der Waals surface area contributed by atoms with Gasteiger partial charge in [-0.3, -0.25) is 4.79 Å². The molecule has 1 fully saturated rings. The summed E-state index contributed by atoms with van der Waals surface area (Å²) in [6.07, 6.45) is 4.53. The number of hydrogen-bond donors (Lipinski definition) is 1. The van der Waals surface area contributed by atoms with Gasteiger partial charge in [0.05, 0.1) is 6.04 Å². The highest BCUT2D eigenvalue weighted by molar-refractivity contribution is 5.99. The molecule has 17 heavy (non-hydrogen) atoms. The first-order valence-corrected chi connectivity index (χ1v) is 6.40. The Labute approximate surface area is 102 Å². The predicted octanol–water partition coefficient (Wildman–Crippen LogP) is 1.50. The van der Waals surface area contributed by atoms with E-state index in [9.17, 15) is 4.79 Å². The molecule has 3 heteroatoms. The summed E-state index contributed by atoms with van der Waals surface area (Å²) < 4.78 is 0. The van der Waals surface area contributed by atoms with Crippen LogP contribution < -0.4 is 10.2 Å². The first-order valence-electron chi connectivity index (χ1n) is 6.40. The maximum atomic E-state index is 12.1. The van der Waals surface area contributed by atoms with Crippen LogP contribution in [0.3, 0.4) is 0 Å². The number of fused-ring (bicyclic) bond motifs is 1. The summed E-state index contributed by atoms with van der Waals surface area (Å²) in [4.78, 5) is 14.0. The van der Waals surface area contributed by atoms with Gasteiger partial charge in [0.15, 0.2) is 0 Å². The highest BCUT2D eigenvalue weighted by Crippen LogP contribution is 2.28. The molecule has 3 rings (SSSR count). The molecule has 2 aliphatic rings. The van der Waals surface area contributed by atoms with Gasteiger partial charge in [-0.05, 0) is 56.0 Å². The van der Waals surface area contributed by atoms with Crippen molar-refractivity contribution in [1.29, 1.82) is 0 Å². The van der Waals surface area contributed by atoms with E-state index in [2.05, 4.69) is 23.5 Å². The summed E-state index contributed by atoms with van der Waals surface area (Å²) in [6.45, 7) is 0.836. The van der Waals surface area contributed by atoms with Crippen LogP contribution in [0.15, 0.2) is 18.2 Å². The minimum absolute atomic E-state index is 0.00301. The molecule has 1 aliphatic heterocycles. The second-order valence-electron chi connectivity index (χ2n) is 4.93. The number of nitrogens with zero attached hydrogens (tertiary/aromatic N) is 1. The molecule has 1 atom stereocenters. The first-order chi connectivity index (χ1) is 8.29. The van der Waals surface area contributed by atoms with Crippen molar-refractivity contribution in [3.05, 3.63) is 29.3 Å². The molecule has 0 saturated carbocycles. The van der Waals surface area contributed by atoms with Crippen LogP contribution in [0.25, 0.3) is 0 Å². The lowest BCUT2D eigenvalue weighted by Crippen LogP contribution is -2.36. The van der Waals surface area contributed by atoms with Gasteiger partial charge >= 0.3 is 0 Å². The van der Waals surface area contributed by atoms with E-state index in [1.165, 1.54) is 30.4 Å². The lowest BCUT2D eigenvalue weighted by molar-refractivity contribution is -0.118. The standard InChI is InChI=1S/C14H18N2O/c1-15-13-7-8-16(14(13)17)12-6-5-10-3-2-4-11(10)9-12/h5-6,9,13,15H,2-4,7-8H2,1H3. The molecule has 1 aromatic carbocycles. The summed E-state index contributed by atoms with van der Waals surface area (Å²) in [6, 6.07) is 6.50. The molecule has 1 heterocycles. The number of nitrogens with one attached hydrogen (secondary N) is 1. The van der Waals surface area contributed by atoms with Gasteiger partial charge in [0, 0.05) is 12.2 Å². The molecule has 0 aromatic heterocycles. The largest absolute Gasteiger partial charge is 0.311 e. The Bertz CT molecular complexity index is 456. The van der Waals surface area contributed by atoms with Crippen molar-refractivity contribution in [1.82, 2.24) is 5.32 Å². The van der Waals surface area contributed by atoms with Crippen LogP contribution in [-0.2, 0) is 17.6 Å². The van der Waals surface area contributed by atoms with Gasteiger partial charge in [0.2, 0.25) is 5.91 Å². The zero-order valence-corrected chi connectivity index (χ0v) is 10.2. The van der Waals surface area contributed by atoms with Gasteiger partial charge in [0.25, 0.3) is 0 Å². The van der Waals surface area contributed by atoms with Crippen molar-refractivity contribution in [2.75, 3.05) is 18.5 Å². The van der Waals surface area contributed by atoms with Crippen LogP contribution in [0, 0.1) is 0 Å². The smallest absolute Gasteiger partial charge is 0.244 e. The molecule has 1 aliphatic carbocycles. The zero-order chi connectivity index (χ0) is 11.8. The molecular formula is C14H18N2O. The third kappa shape index (κ3) is 1.75. The molecule has 1 saturated heterocycles. The van der Waals surface area contributed by atoms with Crippen LogP contribution in [0.2, 0.25) is 0 Å².